The first-order valence-corrected chi connectivity index (χ1v) is 8.97. The number of carbonyl (C=O) groups excluding carboxylic acids is 1. The van der Waals surface area contributed by atoms with Gasteiger partial charge in [0.15, 0.2) is 0 Å². The maximum Gasteiger partial charge on any atom is 0.253 e. The summed E-state index contributed by atoms with van der Waals surface area (Å²) < 4.78 is 6.94. The van der Waals surface area contributed by atoms with Gasteiger partial charge in [-0.1, -0.05) is 24.3 Å². The molecule has 0 unspecified atom stereocenters. The first-order chi connectivity index (χ1) is 12.6. The molecule has 1 aliphatic rings. The summed E-state index contributed by atoms with van der Waals surface area (Å²) in [5, 5.41) is 2.93. The van der Waals surface area contributed by atoms with E-state index in [4.69, 9.17) is 4.74 Å². The minimum Gasteiger partial charge on any atom is -0.379 e. The van der Waals surface area contributed by atoms with Crippen molar-refractivity contribution in [2.45, 2.75) is 20.0 Å². The van der Waals surface area contributed by atoms with Gasteiger partial charge in [0.2, 0.25) is 0 Å². The summed E-state index contributed by atoms with van der Waals surface area (Å²) in [6.45, 7) is 7.06. The first-order valence-electron chi connectivity index (χ1n) is 8.97. The topological polar surface area (TPSA) is 63.6 Å². The van der Waals surface area contributed by atoms with Gasteiger partial charge in [-0.3, -0.25) is 14.5 Å². The van der Waals surface area contributed by atoms with E-state index in [0.29, 0.717) is 18.7 Å². The largest absolute Gasteiger partial charge is 0.379 e. The Morgan fingerprint density at radius 2 is 1.88 bits per heavy atom. The number of aryl methyl sites for hydroxylation is 1. The SMILES string of the molecule is Cc1ccccc1CNC(=O)c1ccc(=O)n(CCN2CCOCC2)c1. The Kier molecular flexibility index (Phi) is 6.20. The molecule has 6 heteroatoms. The molecule has 1 amide bonds. The summed E-state index contributed by atoms with van der Waals surface area (Å²) in [5.74, 6) is -0.173. The van der Waals surface area contributed by atoms with Crippen LogP contribution in [0, 0.1) is 6.92 Å². The lowest BCUT2D eigenvalue weighted by Crippen LogP contribution is -2.39. The van der Waals surface area contributed by atoms with Crippen LogP contribution in [0.5, 0.6) is 0 Å². The molecular formula is C20H25N3O3. The number of benzene rings is 1. The molecule has 138 valence electrons. The molecule has 0 bridgehead atoms. The average molecular weight is 355 g/mol. The lowest BCUT2D eigenvalue weighted by atomic mass is 10.1. The van der Waals surface area contributed by atoms with Gasteiger partial charge >= 0.3 is 0 Å². The maximum atomic E-state index is 12.4. The van der Waals surface area contributed by atoms with Crippen LogP contribution < -0.4 is 10.9 Å². The molecule has 1 N–H and O–H groups in total. The van der Waals surface area contributed by atoms with Gasteiger partial charge in [-0.25, -0.2) is 0 Å². The second kappa shape index (κ2) is 8.78. The van der Waals surface area contributed by atoms with E-state index < -0.39 is 0 Å². The van der Waals surface area contributed by atoms with Gasteiger partial charge in [-0.2, -0.15) is 0 Å². The average Bonchev–Trinajstić information content (AvgIpc) is 2.67. The van der Waals surface area contributed by atoms with Crippen LogP contribution >= 0.6 is 0 Å². The molecule has 2 aromatic rings. The van der Waals surface area contributed by atoms with E-state index in [0.717, 1.165) is 44.0 Å². The van der Waals surface area contributed by atoms with Crippen molar-refractivity contribution in [3.05, 3.63) is 69.6 Å². The molecule has 0 atom stereocenters. The molecule has 1 aromatic carbocycles. The minimum absolute atomic E-state index is 0.0892. The first kappa shape index (κ1) is 18.4. The van der Waals surface area contributed by atoms with Gasteiger partial charge in [0.05, 0.1) is 18.8 Å². The molecule has 1 fully saturated rings. The van der Waals surface area contributed by atoms with E-state index in [-0.39, 0.29) is 11.5 Å². The van der Waals surface area contributed by atoms with Crippen LogP contribution in [-0.4, -0.2) is 48.2 Å². The summed E-state index contributed by atoms with van der Waals surface area (Å²) in [4.78, 5) is 26.8. The van der Waals surface area contributed by atoms with E-state index in [9.17, 15) is 9.59 Å². The number of hydrogen-bond donors (Lipinski definition) is 1. The highest BCUT2D eigenvalue weighted by molar-refractivity contribution is 5.93. The smallest absolute Gasteiger partial charge is 0.253 e. The fraction of sp³-hybridized carbons (Fsp3) is 0.400. The number of carbonyl (C=O) groups is 1. The zero-order valence-corrected chi connectivity index (χ0v) is 15.1. The van der Waals surface area contributed by atoms with Gasteiger partial charge in [0, 0.05) is 45.0 Å². The Hall–Kier alpha value is -2.44. The van der Waals surface area contributed by atoms with Gasteiger partial charge in [0.25, 0.3) is 11.5 Å². The number of nitrogens with one attached hydrogen (secondary N) is 1. The summed E-state index contributed by atoms with van der Waals surface area (Å²) in [6.07, 6.45) is 1.65. The van der Waals surface area contributed by atoms with E-state index in [1.807, 2.05) is 31.2 Å². The lowest BCUT2D eigenvalue weighted by Gasteiger charge is -2.26. The number of morpholine rings is 1. The van der Waals surface area contributed by atoms with Crippen molar-refractivity contribution in [2.75, 3.05) is 32.8 Å². The minimum atomic E-state index is -0.173. The number of amides is 1. The molecule has 0 spiro atoms. The monoisotopic (exact) mass is 355 g/mol. The fourth-order valence-corrected chi connectivity index (χ4v) is 3.00. The fourth-order valence-electron chi connectivity index (χ4n) is 3.00. The highest BCUT2D eigenvalue weighted by atomic mass is 16.5. The molecule has 1 aliphatic heterocycles. The maximum absolute atomic E-state index is 12.4. The number of rotatable bonds is 6. The molecule has 1 aromatic heterocycles. The van der Waals surface area contributed by atoms with Crippen molar-refractivity contribution < 1.29 is 9.53 Å². The van der Waals surface area contributed by atoms with Crippen molar-refractivity contribution in [1.29, 1.82) is 0 Å². The third-order valence-electron chi connectivity index (χ3n) is 4.71. The van der Waals surface area contributed by atoms with Crippen LogP contribution in [0.1, 0.15) is 21.5 Å². The van der Waals surface area contributed by atoms with Crippen molar-refractivity contribution in [3.8, 4) is 0 Å². The summed E-state index contributed by atoms with van der Waals surface area (Å²) in [7, 11) is 0. The Morgan fingerprint density at radius 1 is 1.12 bits per heavy atom. The normalized spacial score (nSPS) is 15.0. The molecular weight excluding hydrogens is 330 g/mol. The molecule has 26 heavy (non-hydrogen) atoms. The molecule has 3 rings (SSSR count). The zero-order chi connectivity index (χ0) is 18.4. The van der Waals surface area contributed by atoms with E-state index in [1.54, 1.807) is 16.8 Å². The van der Waals surface area contributed by atoms with Crippen LogP contribution in [0.4, 0.5) is 0 Å². The number of nitrogens with zero attached hydrogens (tertiary/aromatic N) is 2. The number of pyridine rings is 1. The number of hydrogen-bond acceptors (Lipinski definition) is 4. The highest BCUT2D eigenvalue weighted by Crippen LogP contribution is 2.07. The van der Waals surface area contributed by atoms with Crippen LogP contribution in [0.25, 0.3) is 0 Å². The van der Waals surface area contributed by atoms with Crippen LogP contribution in [-0.2, 0) is 17.8 Å². The Morgan fingerprint density at radius 3 is 2.65 bits per heavy atom. The van der Waals surface area contributed by atoms with Crippen LogP contribution in [0.3, 0.4) is 0 Å². The van der Waals surface area contributed by atoms with Gasteiger partial charge in [-0.15, -0.1) is 0 Å². The summed E-state index contributed by atoms with van der Waals surface area (Å²) in [5.41, 5.74) is 2.64. The van der Waals surface area contributed by atoms with E-state index in [2.05, 4.69) is 10.2 Å². The third-order valence-corrected chi connectivity index (χ3v) is 4.71. The third kappa shape index (κ3) is 4.80. The number of aromatic nitrogens is 1. The zero-order valence-electron chi connectivity index (χ0n) is 15.1. The van der Waals surface area contributed by atoms with Crippen molar-refractivity contribution >= 4 is 5.91 Å². The number of ether oxygens (including phenoxy) is 1. The quantitative estimate of drug-likeness (QED) is 0.851. The van der Waals surface area contributed by atoms with Gasteiger partial charge < -0.3 is 14.6 Å². The summed E-state index contributed by atoms with van der Waals surface area (Å²) >= 11 is 0. The standard InChI is InChI=1S/C20H25N3O3/c1-16-4-2-3-5-17(16)14-21-20(25)18-6-7-19(24)23(15-18)9-8-22-10-12-26-13-11-22/h2-7,15H,8-14H2,1H3,(H,21,25). The van der Waals surface area contributed by atoms with Gasteiger partial charge in [0.1, 0.15) is 0 Å². The molecule has 6 nitrogen and oxygen atoms in total. The molecule has 0 saturated carbocycles. The predicted octanol–water partition coefficient (Wildman–Crippen LogP) is 1.42. The molecule has 0 radical (unpaired) electrons. The van der Waals surface area contributed by atoms with E-state index >= 15 is 0 Å². The van der Waals surface area contributed by atoms with Gasteiger partial charge in [-0.05, 0) is 24.1 Å². The predicted molar refractivity (Wildman–Crippen MR) is 100 cm³/mol. The Bertz CT molecular complexity index is 810. The van der Waals surface area contributed by atoms with Crippen molar-refractivity contribution in [2.24, 2.45) is 0 Å². The van der Waals surface area contributed by atoms with Crippen molar-refractivity contribution in [3.63, 3.8) is 0 Å². The molecule has 2 heterocycles. The molecule has 0 aliphatic carbocycles. The lowest BCUT2D eigenvalue weighted by molar-refractivity contribution is 0.0363. The second-order valence-electron chi connectivity index (χ2n) is 6.51. The molecule has 1 saturated heterocycles. The second-order valence-corrected chi connectivity index (χ2v) is 6.51. The van der Waals surface area contributed by atoms with E-state index in [1.165, 1.54) is 6.07 Å². The Balaban J connectivity index is 1.61. The van der Waals surface area contributed by atoms with Crippen LogP contribution in [0.2, 0.25) is 0 Å². The Labute approximate surface area is 153 Å². The highest BCUT2D eigenvalue weighted by Gasteiger charge is 2.12. The summed E-state index contributed by atoms with van der Waals surface area (Å²) in [6, 6.07) is 11.0. The van der Waals surface area contributed by atoms with Crippen LogP contribution in [0.15, 0.2) is 47.4 Å². The van der Waals surface area contributed by atoms with Crippen molar-refractivity contribution in [1.82, 2.24) is 14.8 Å².